The van der Waals surface area contributed by atoms with E-state index in [2.05, 4.69) is 15.9 Å². The number of ether oxygens (including phenoxy) is 2. The fourth-order valence-corrected chi connectivity index (χ4v) is 5.38. The number of carbonyl (C=O) groups excluding carboxylic acids is 1. The molecule has 0 radical (unpaired) electrons. The van der Waals surface area contributed by atoms with Crippen LogP contribution in [0.5, 0.6) is 11.5 Å². The Morgan fingerprint density at radius 2 is 1.61 bits per heavy atom. The van der Waals surface area contributed by atoms with E-state index < -0.39 is 9.85 Å². The molecule has 1 saturated heterocycles. The highest BCUT2D eigenvalue weighted by molar-refractivity contribution is 9.10. The first-order valence-electron chi connectivity index (χ1n) is 11.0. The molecule has 0 unspecified atom stereocenters. The molecule has 1 aliphatic heterocycles. The largest absolute Gasteiger partial charge is 0.490 e. The van der Waals surface area contributed by atoms with Crippen molar-refractivity contribution in [3.8, 4) is 11.5 Å². The van der Waals surface area contributed by atoms with Gasteiger partial charge in [-0.25, -0.2) is 0 Å². The van der Waals surface area contributed by atoms with Crippen molar-refractivity contribution in [3.63, 3.8) is 0 Å². The zero-order chi connectivity index (χ0) is 27.4. The highest BCUT2D eigenvalue weighted by atomic mass is 79.9. The molecular weight excluding hydrogens is 598 g/mol. The van der Waals surface area contributed by atoms with Crippen LogP contribution in [-0.4, -0.2) is 26.7 Å². The molecule has 1 fully saturated rings. The minimum absolute atomic E-state index is 0.00622. The summed E-state index contributed by atoms with van der Waals surface area (Å²) >= 11 is 10.0. The Labute approximate surface area is 234 Å². The number of anilines is 1. The van der Waals surface area contributed by atoms with E-state index in [1.54, 1.807) is 30.3 Å². The summed E-state index contributed by atoms with van der Waals surface area (Å²) < 4.78 is 12.6. The number of thiocarbonyl (C=S) groups is 1. The molecule has 3 aromatic carbocycles. The molecule has 3 aromatic rings. The van der Waals surface area contributed by atoms with Gasteiger partial charge in [-0.05, 0) is 76.5 Å². The van der Waals surface area contributed by atoms with Crippen LogP contribution >= 0.6 is 39.9 Å². The number of thioether (sulfide) groups is 1. The van der Waals surface area contributed by atoms with Gasteiger partial charge in [-0.2, -0.15) is 0 Å². The molecule has 1 aliphatic rings. The second-order valence-electron chi connectivity index (χ2n) is 7.77. The maximum absolute atomic E-state index is 13.1. The molecule has 4 rings (SSSR count). The molecule has 0 saturated carbocycles. The summed E-state index contributed by atoms with van der Waals surface area (Å²) in [5.41, 5.74) is 1.75. The van der Waals surface area contributed by atoms with Crippen LogP contribution in [0.15, 0.2) is 70.0 Å². The molecule has 1 heterocycles. The number of halogens is 1. The number of amides is 1. The zero-order valence-corrected chi connectivity index (χ0v) is 22.9. The summed E-state index contributed by atoms with van der Waals surface area (Å²) in [5, 5.41) is 21.8. The van der Waals surface area contributed by atoms with Crippen LogP contribution in [0.4, 0.5) is 17.1 Å². The predicted molar refractivity (Wildman–Crippen MR) is 151 cm³/mol. The second kappa shape index (κ2) is 11.7. The first-order chi connectivity index (χ1) is 18.2. The number of hydrogen-bond acceptors (Lipinski definition) is 9. The summed E-state index contributed by atoms with van der Waals surface area (Å²) in [5.74, 6) is 0.545. The Bertz CT molecular complexity index is 1460. The number of rotatable bonds is 9. The molecule has 0 atom stereocenters. The quantitative estimate of drug-likeness (QED) is 0.112. The van der Waals surface area contributed by atoms with Crippen molar-refractivity contribution in [2.45, 2.75) is 13.5 Å². The molecule has 0 bridgehead atoms. The van der Waals surface area contributed by atoms with E-state index >= 15 is 0 Å². The Morgan fingerprint density at radius 3 is 2.18 bits per heavy atom. The van der Waals surface area contributed by atoms with Crippen molar-refractivity contribution in [1.82, 2.24) is 0 Å². The van der Waals surface area contributed by atoms with Gasteiger partial charge in [-0.3, -0.25) is 29.9 Å². The summed E-state index contributed by atoms with van der Waals surface area (Å²) in [6, 6.07) is 15.2. The van der Waals surface area contributed by atoms with Crippen molar-refractivity contribution in [3.05, 3.63) is 101 Å². The van der Waals surface area contributed by atoms with E-state index in [1.165, 1.54) is 41.3 Å². The van der Waals surface area contributed by atoms with Crippen LogP contribution in [0.1, 0.15) is 18.1 Å². The average Bonchev–Trinajstić information content (AvgIpc) is 3.16. The maximum atomic E-state index is 13.1. The molecule has 0 aromatic heterocycles. The van der Waals surface area contributed by atoms with E-state index in [0.717, 1.165) is 17.3 Å². The Kier molecular flexibility index (Phi) is 8.39. The van der Waals surface area contributed by atoms with E-state index in [4.69, 9.17) is 21.7 Å². The Hall–Kier alpha value is -3.81. The van der Waals surface area contributed by atoms with E-state index in [0.29, 0.717) is 43.1 Å². The average molecular weight is 616 g/mol. The third kappa shape index (κ3) is 6.01. The number of hydrogen-bond donors (Lipinski definition) is 0. The zero-order valence-electron chi connectivity index (χ0n) is 19.7. The fourth-order valence-electron chi connectivity index (χ4n) is 3.51. The number of non-ortho nitro benzene ring substituents is 2. The molecule has 13 heteroatoms. The fraction of sp³-hybridized carbons (Fsp3) is 0.120. The molecule has 0 aliphatic carbocycles. The first-order valence-corrected chi connectivity index (χ1v) is 13.0. The SMILES string of the molecule is CCOc1cc(/C=C2\SC(=S)N(c3ccc([N+](=O)[O-])cc3)C2=O)cc(Br)c1OCc1ccc([N+](=O)[O-])cc1. The van der Waals surface area contributed by atoms with Crippen LogP contribution in [0, 0.1) is 20.2 Å². The lowest BCUT2D eigenvalue weighted by Crippen LogP contribution is -2.27. The van der Waals surface area contributed by atoms with E-state index in [9.17, 15) is 25.0 Å². The van der Waals surface area contributed by atoms with Crippen LogP contribution in [0.3, 0.4) is 0 Å². The summed E-state index contributed by atoms with van der Waals surface area (Å²) in [4.78, 5) is 35.7. The highest BCUT2D eigenvalue weighted by Gasteiger charge is 2.33. The van der Waals surface area contributed by atoms with Gasteiger partial charge < -0.3 is 9.47 Å². The number of benzene rings is 3. The van der Waals surface area contributed by atoms with Crippen LogP contribution in [-0.2, 0) is 11.4 Å². The van der Waals surface area contributed by atoms with Gasteiger partial charge in [-0.1, -0.05) is 24.0 Å². The van der Waals surface area contributed by atoms with Crippen molar-refractivity contribution in [1.29, 1.82) is 0 Å². The van der Waals surface area contributed by atoms with Gasteiger partial charge in [0.1, 0.15) is 6.61 Å². The van der Waals surface area contributed by atoms with E-state index in [1.807, 2.05) is 6.92 Å². The van der Waals surface area contributed by atoms with Crippen molar-refractivity contribution < 1.29 is 24.1 Å². The van der Waals surface area contributed by atoms with Gasteiger partial charge in [0.2, 0.25) is 0 Å². The van der Waals surface area contributed by atoms with Gasteiger partial charge in [0, 0.05) is 24.3 Å². The third-order valence-corrected chi connectivity index (χ3v) is 7.16. The Balaban J connectivity index is 1.56. The lowest BCUT2D eigenvalue weighted by molar-refractivity contribution is -0.385. The molecular formula is C25H18BrN3O7S2. The number of carbonyl (C=O) groups is 1. The van der Waals surface area contributed by atoms with Gasteiger partial charge in [0.05, 0.1) is 31.5 Å². The maximum Gasteiger partial charge on any atom is 0.270 e. The van der Waals surface area contributed by atoms with Crippen molar-refractivity contribution in [2.75, 3.05) is 11.5 Å². The lowest BCUT2D eigenvalue weighted by atomic mass is 10.1. The van der Waals surface area contributed by atoms with Gasteiger partial charge in [-0.15, -0.1) is 0 Å². The standard InChI is InChI=1S/C25H18BrN3O7S2/c1-2-35-21-12-16(11-20(26)23(21)36-14-15-3-5-18(6-4-15)28(31)32)13-22-24(30)27(25(37)38-22)17-7-9-19(10-8-17)29(33)34/h3-13H,2,14H2,1H3/b22-13-. The molecule has 0 N–H and O–H groups in total. The van der Waals surface area contributed by atoms with Gasteiger partial charge in [0.15, 0.2) is 15.8 Å². The monoisotopic (exact) mass is 615 g/mol. The normalized spacial score (nSPS) is 14.2. The van der Waals surface area contributed by atoms with Crippen LogP contribution in [0.25, 0.3) is 6.08 Å². The van der Waals surface area contributed by atoms with E-state index in [-0.39, 0.29) is 23.9 Å². The first kappa shape index (κ1) is 27.2. The highest BCUT2D eigenvalue weighted by Crippen LogP contribution is 2.41. The minimum Gasteiger partial charge on any atom is -0.490 e. The van der Waals surface area contributed by atoms with Gasteiger partial charge in [0.25, 0.3) is 17.3 Å². The second-order valence-corrected chi connectivity index (χ2v) is 10.3. The summed E-state index contributed by atoms with van der Waals surface area (Å²) in [7, 11) is 0. The number of nitro groups is 2. The topological polar surface area (TPSA) is 125 Å². The predicted octanol–water partition coefficient (Wildman–Crippen LogP) is 6.65. The van der Waals surface area contributed by atoms with Crippen molar-refractivity contribution in [2.24, 2.45) is 0 Å². The molecule has 1 amide bonds. The molecule has 38 heavy (non-hydrogen) atoms. The molecule has 0 spiro atoms. The number of nitrogens with zero attached hydrogens (tertiary/aromatic N) is 3. The smallest absolute Gasteiger partial charge is 0.270 e. The van der Waals surface area contributed by atoms with Gasteiger partial charge >= 0.3 is 0 Å². The summed E-state index contributed by atoms with van der Waals surface area (Å²) in [6.07, 6.45) is 1.68. The molecule has 194 valence electrons. The number of nitro benzene ring substituents is 2. The third-order valence-electron chi connectivity index (χ3n) is 5.27. The lowest BCUT2D eigenvalue weighted by Gasteiger charge is -2.15. The minimum atomic E-state index is -0.513. The van der Waals surface area contributed by atoms with Crippen LogP contribution in [0.2, 0.25) is 0 Å². The summed E-state index contributed by atoms with van der Waals surface area (Å²) in [6.45, 7) is 2.35. The Morgan fingerprint density at radius 1 is 1.00 bits per heavy atom. The van der Waals surface area contributed by atoms with Crippen molar-refractivity contribution >= 4 is 73.3 Å². The molecule has 10 nitrogen and oxygen atoms in total. The van der Waals surface area contributed by atoms with Crippen LogP contribution < -0.4 is 14.4 Å².